The predicted octanol–water partition coefficient (Wildman–Crippen LogP) is 3.51. The van der Waals surface area contributed by atoms with E-state index in [1.165, 1.54) is 39.8 Å². The molecular weight excluding hydrogens is 298 g/mol. The number of hydrogen-bond acceptors (Lipinski definition) is 5. The van der Waals surface area contributed by atoms with Crippen LogP contribution in [0.5, 0.6) is 0 Å². The molecule has 132 valence electrons. The molecule has 0 heterocycles. The fraction of sp³-hybridized carbons (Fsp3) is 0.706. The van der Waals surface area contributed by atoms with Crippen LogP contribution in [-0.4, -0.2) is 38.1 Å². The largest absolute Gasteiger partial charge is 0.533 e. The highest BCUT2D eigenvalue weighted by molar-refractivity contribution is 5.76. The van der Waals surface area contributed by atoms with Gasteiger partial charge in [-0.05, 0) is 50.4 Å². The standard InChI is InChI=1S/C9H14.C7H13NO4.CH2O/c1-2-4-6-9-7-8(9)5-3-1;1-4-5-6(9)8(2)12-7(10)11-3;1-2/h1-2,8-9H,3-7H2;4-5H2,1-3H3;1H2/b2-1-;;. The molecule has 2 aliphatic carbocycles. The van der Waals surface area contributed by atoms with Crippen LogP contribution in [-0.2, 0) is 19.2 Å². The highest BCUT2D eigenvalue weighted by Crippen LogP contribution is 2.46. The number of carbonyl (C=O) groups excluding carboxylic acids is 3. The highest BCUT2D eigenvalue weighted by Gasteiger charge is 2.35. The average molecular weight is 327 g/mol. The molecule has 1 saturated carbocycles. The van der Waals surface area contributed by atoms with Gasteiger partial charge < -0.3 is 14.4 Å². The van der Waals surface area contributed by atoms with E-state index in [0.29, 0.717) is 12.8 Å². The Morgan fingerprint density at radius 1 is 1.17 bits per heavy atom. The summed E-state index contributed by atoms with van der Waals surface area (Å²) in [6.07, 6.45) is 12.1. The molecule has 2 atom stereocenters. The molecule has 6 heteroatoms. The molecule has 0 N–H and O–H groups in total. The molecule has 0 aromatic carbocycles. The van der Waals surface area contributed by atoms with Gasteiger partial charge in [0.05, 0.1) is 7.11 Å². The predicted molar refractivity (Wildman–Crippen MR) is 87.5 cm³/mol. The molecule has 0 aliphatic heterocycles. The lowest BCUT2D eigenvalue weighted by Crippen LogP contribution is -2.29. The second kappa shape index (κ2) is 12.7. The van der Waals surface area contributed by atoms with Gasteiger partial charge in [-0.2, -0.15) is 5.06 Å². The van der Waals surface area contributed by atoms with Gasteiger partial charge in [-0.25, -0.2) is 4.79 Å². The van der Waals surface area contributed by atoms with E-state index in [1.807, 2.05) is 13.7 Å². The Hall–Kier alpha value is -1.85. The number of allylic oxidation sites excluding steroid dienone is 2. The van der Waals surface area contributed by atoms with Crippen LogP contribution in [0.4, 0.5) is 4.79 Å². The van der Waals surface area contributed by atoms with Gasteiger partial charge in [-0.1, -0.05) is 19.1 Å². The summed E-state index contributed by atoms with van der Waals surface area (Å²) in [6, 6.07) is 0. The smallest absolute Gasteiger partial charge is 0.436 e. The number of carbonyl (C=O) groups is 3. The molecule has 6 nitrogen and oxygen atoms in total. The van der Waals surface area contributed by atoms with Crippen molar-refractivity contribution in [2.24, 2.45) is 11.8 Å². The first-order valence-corrected chi connectivity index (χ1v) is 8.04. The fourth-order valence-corrected chi connectivity index (χ4v) is 2.45. The molecule has 1 amide bonds. The minimum Gasteiger partial charge on any atom is -0.436 e. The average Bonchev–Trinajstić information content (AvgIpc) is 3.26. The molecule has 2 unspecified atom stereocenters. The third-order valence-corrected chi connectivity index (χ3v) is 3.84. The second-order valence-corrected chi connectivity index (χ2v) is 5.57. The first-order chi connectivity index (χ1) is 11.1. The summed E-state index contributed by atoms with van der Waals surface area (Å²) in [5, 5.41) is 0.870. The Morgan fingerprint density at radius 2 is 1.70 bits per heavy atom. The van der Waals surface area contributed by atoms with E-state index in [4.69, 9.17) is 4.79 Å². The Kier molecular flexibility index (Phi) is 11.7. The molecular formula is C17H29NO5. The maximum Gasteiger partial charge on any atom is 0.533 e. The molecule has 1 fully saturated rings. The van der Waals surface area contributed by atoms with Crippen LogP contribution in [0.3, 0.4) is 0 Å². The van der Waals surface area contributed by atoms with Gasteiger partial charge >= 0.3 is 6.16 Å². The fourth-order valence-electron chi connectivity index (χ4n) is 2.45. The number of amides is 1. The molecule has 0 radical (unpaired) electrons. The molecule has 0 saturated heterocycles. The quantitative estimate of drug-likeness (QED) is 0.441. The molecule has 0 spiro atoms. The summed E-state index contributed by atoms with van der Waals surface area (Å²) in [6.45, 7) is 3.86. The number of hydrogen-bond donors (Lipinski definition) is 0. The summed E-state index contributed by atoms with van der Waals surface area (Å²) in [4.78, 5) is 33.9. The van der Waals surface area contributed by atoms with Crippen LogP contribution in [0, 0.1) is 11.8 Å². The first kappa shape index (κ1) is 21.1. The van der Waals surface area contributed by atoms with Gasteiger partial charge in [0.25, 0.3) is 5.91 Å². The Balaban J connectivity index is 0.000000388. The summed E-state index contributed by atoms with van der Waals surface area (Å²) in [7, 11) is 2.55. The zero-order chi connectivity index (χ0) is 17.7. The van der Waals surface area contributed by atoms with Crippen molar-refractivity contribution >= 4 is 18.9 Å². The van der Waals surface area contributed by atoms with E-state index in [2.05, 4.69) is 21.7 Å². The monoisotopic (exact) mass is 327 g/mol. The lowest BCUT2D eigenvalue weighted by atomic mass is 10.1. The van der Waals surface area contributed by atoms with Gasteiger partial charge in [0.2, 0.25) is 0 Å². The van der Waals surface area contributed by atoms with Gasteiger partial charge in [0.1, 0.15) is 6.79 Å². The van der Waals surface area contributed by atoms with Crippen molar-refractivity contribution in [2.75, 3.05) is 14.2 Å². The Morgan fingerprint density at radius 3 is 2.13 bits per heavy atom. The van der Waals surface area contributed by atoms with Crippen molar-refractivity contribution in [3.63, 3.8) is 0 Å². The van der Waals surface area contributed by atoms with Crippen LogP contribution in [0.2, 0.25) is 0 Å². The molecule has 2 rings (SSSR count). The van der Waals surface area contributed by atoms with Crippen LogP contribution < -0.4 is 0 Å². The third kappa shape index (κ3) is 9.71. The lowest BCUT2D eigenvalue weighted by Gasteiger charge is -2.13. The summed E-state index contributed by atoms with van der Waals surface area (Å²) < 4.78 is 4.19. The maximum atomic E-state index is 11.0. The minimum atomic E-state index is -0.887. The van der Waals surface area contributed by atoms with E-state index >= 15 is 0 Å². The zero-order valence-electron chi connectivity index (χ0n) is 14.5. The van der Waals surface area contributed by atoms with E-state index in [0.717, 1.165) is 16.9 Å². The van der Waals surface area contributed by atoms with Crippen LogP contribution in [0.25, 0.3) is 0 Å². The third-order valence-electron chi connectivity index (χ3n) is 3.84. The van der Waals surface area contributed by atoms with Crippen molar-refractivity contribution in [3.8, 4) is 0 Å². The zero-order valence-corrected chi connectivity index (χ0v) is 14.5. The van der Waals surface area contributed by atoms with Crippen LogP contribution in [0.15, 0.2) is 12.2 Å². The van der Waals surface area contributed by atoms with Crippen LogP contribution >= 0.6 is 0 Å². The van der Waals surface area contributed by atoms with E-state index in [-0.39, 0.29) is 5.91 Å². The van der Waals surface area contributed by atoms with E-state index < -0.39 is 6.16 Å². The molecule has 0 aromatic rings. The number of fused-ring (bicyclic) bond motifs is 1. The topological polar surface area (TPSA) is 72.9 Å². The van der Waals surface area contributed by atoms with E-state index in [9.17, 15) is 9.59 Å². The van der Waals surface area contributed by atoms with Gasteiger partial charge in [-0.15, -0.1) is 0 Å². The van der Waals surface area contributed by atoms with Crippen molar-refractivity contribution < 1.29 is 24.0 Å². The highest BCUT2D eigenvalue weighted by atomic mass is 16.8. The van der Waals surface area contributed by atoms with Crippen molar-refractivity contribution in [3.05, 3.63) is 12.2 Å². The number of ether oxygens (including phenoxy) is 1. The first-order valence-electron chi connectivity index (χ1n) is 8.04. The van der Waals surface area contributed by atoms with Gasteiger partial charge in [0, 0.05) is 13.5 Å². The molecule has 0 aromatic heterocycles. The number of methoxy groups -OCH3 is 1. The molecule has 2 aliphatic rings. The van der Waals surface area contributed by atoms with Crippen LogP contribution in [0.1, 0.15) is 51.9 Å². The minimum absolute atomic E-state index is 0.247. The molecule has 0 bridgehead atoms. The normalized spacial score (nSPS) is 22.2. The summed E-state index contributed by atoms with van der Waals surface area (Å²) in [5.74, 6) is 2.02. The maximum absolute atomic E-state index is 11.0. The van der Waals surface area contributed by atoms with Gasteiger partial charge in [0.15, 0.2) is 0 Å². The van der Waals surface area contributed by atoms with Crippen molar-refractivity contribution in [1.82, 2.24) is 5.06 Å². The number of rotatable bonds is 2. The Bertz CT molecular complexity index is 369. The lowest BCUT2D eigenvalue weighted by molar-refractivity contribution is -0.165. The summed E-state index contributed by atoms with van der Waals surface area (Å²) in [5.41, 5.74) is 0. The Labute approximate surface area is 138 Å². The number of hydroxylamine groups is 2. The van der Waals surface area contributed by atoms with Gasteiger partial charge in [-0.3, -0.25) is 4.79 Å². The van der Waals surface area contributed by atoms with Crippen molar-refractivity contribution in [2.45, 2.75) is 51.9 Å². The summed E-state index contributed by atoms with van der Waals surface area (Å²) >= 11 is 0. The van der Waals surface area contributed by atoms with E-state index in [1.54, 1.807) is 6.42 Å². The number of nitrogens with zero attached hydrogens (tertiary/aromatic N) is 1. The second-order valence-electron chi connectivity index (χ2n) is 5.57. The van der Waals surface area contributed by atoms with Crippen molar-refractivity contribution in [1.29, 1.82) is 0 Å². The molecule has 23 heavy (non-hydrogen) atoms. The SMILES string of the molecule is C1=C\CCC2CC2CC/1.C=O.CCCC(=O)N(C)OC(=O)OC.